The van der Waals surface area contributed by atoms with Gasteiger partial charge in [0.15, 0.2) is 17.5 Å². The number of benzene rings is 1. The Balaban J connectivity index is 0.00000729. The molecule has 0 heterocycles. The van der Waals surface area contributed by atoms with E-state index in [4.69, 9.17) is 9.47 Å². The minimum absolute atomic E-state index is 0. The Labute approximate surface area is 188 Å². The number of aliphatic imine (C=N–C) groups is 1. The molecule has 0 radical (unpaired) electrons. The quantitative estimate of drug-likeness (QED) is 0.209. The second-order valence-electron chi connectivity index (χ2n) is 7.78. The molecule has 0 unspecified atom stereocenters. The number of halogens is 1. The molecule has 6 nitrogen and oxygen atoms in total. The number of rotatable bonds is 11. The van der Waals surface area contributed by atoms with Gasteiger partial charge < -0.3 is 25.0 Å². The average Bonchev–Trinajstić information content (AvgIpc) is 2.60. The zero-order chi connectivity index (χ0) is 20.3. The third-order valence-corrected chi connectivity index (χ3v) is 4.16. The number of guanidine groups is 1. The van der Waals surface area contributed by atoms with Crippen LogP contribution in [0.2, 0.25) is 0 Å². The predicted molar refractivity (Wildman–Crippen MR) is 130 cm³/mol. The Morgan fingerprint density at radius 1 is 1.18 bits per heavy atom. The maximum Gasteiger partial charge on any atom is 0.190 e. The Morgan fingerprint density at radius 2 is 1.89 bits per heavy atom. The summed E-state index contributed by atoms with van der Waals surface area (Å²) in [6.07, 6.45) is 1.99. The predicted octanol–water partition coefficient (Wildman–Crippen LogP) is 3.40. The molecule has 0 aliphatic carbocycles. The molecule has 0 saturated carbocycles. The van der Waals surface area contributed by atoms with Gasteiger partial charge in [0.25, 0.3) is 0 Å². The van der Waals surface area contributed by atoms with Crippen molar-refractivity contribution in [3.63, 3.8) is 0 Å². The smallest absolute Gasteiger partial charge is 0.190 e. The van der Waals surface area contributed by atoms with Gasteiger partial charge in [0.05, 0.1) is 13.7 Å². The molecule has 0 aromatic heterocycles. The van der Waals surface area contributed by atoms with E-state index in [1.165, 1.54) is 5.56 Å². The summed E-state index contributed by atoms with van der Waals surface area (Å²) in [5, 5.41) is 6.83. The molecular weight excluding hydrogens is 467 g/mol. The standard InChI is InChI=1S/C21H38N4O2.HI/c1-8-27-19-14-17(11-12-18(19)26-7)10-9-13-23-20(22-4)24-15-21(2,3)16-25(5)6;/h11-12,14H,8-10,13,15-16H2,1-7H3,(H2,22,23,24);1H. The first kappa shape index (κ1) is 26.8. The number of hydrogen-bond donors (Lipinski definition) is 2. The van der Waals surface area contributed by atoms with Crippen molar-refractivity contribution in [2.45, 2.75) is 33.6 Å². The van der Waals surface area contributed by atoms with Gasteiger partial charge in [-0.05, 0) is 57.0 Å². The van der Waals surface area contributed by atoms with Crippen molar-refractivity contribution >= 4 is 29.9 Å². The molecule has 7 heteroatoms. The fourth-order valence-electron chi connectivity index (χ4n) is 3.10. The molecule has 162 valence electrons. The first-order chi connectivity index (χ1) is 12.8. The van der Waals surface area contributed by atoms with E-state index in [0.717, 1.165) is 49.9 Å². The molecule has 0 aliphatic heterocycles. The lowest BCUT2D eigenvalue weighted by Gasteiger charge is -2.29. The molecule has 0 atom stereocenters. The number of ether oxygens (including phenoxy) is 2. The fraction of sp³-hybridized carbons (Fsp3) is 0.667. The zero-order valence-corrected chi connectivity index (χ0v) is 20.9. The highest BCUT2D eigenvalue weighted by molar-refractivity contribution is 14.0. The molecule has 0 fully saturated rings. The summed E-state index contributed by atoms with van der Waals surface area (Å²) >= 11 is 0. The third kappa shape index (κ3) is 10.4. The average molecular weight is 506 g/mol. The van der Waals surface area contributed by atoms with Crippen LogP contribution in [0.4, 0.5) is 0 Å². The van der Waals surface area contributed by atoms with Gasteiger partial charge >= 0.3 is 0 Å². The maximum atomic E-state index is 5.65. The van der Waals surface area contributed by atoms with Crippen LogP contribution < -0.4 is 20.1 Å². The lowest BCUT2D eigenvalue weighted by molar-refractivity contribution is 0.241. The minimum Gasteiger partial charge on any atom is -0.493 e. The third-order valence-electron chi connectivity index (χ3n) is 4.16. The second kappa shape index (κ2) is 13.9. The van der Waals surface area contributed by atoms with Gasteiger partial charge in [-0.1, -0.05) is 19.9 Å². The monoisotopic (exact) mass is 506 g/mol. The van der Waals surface area contributed by atoms with Crippen LogP contribution in [0.3, 0.4) is 0 Å². The van der Waals surface area contributed by atoms with Gasteiger partial charge in [0.2, 0.25) is 0 Å². The lowest BCUT2D eigenvalue weighted by atomic mass is 9.93. The van der Waals surface area contributed by atoms with E-state index >= 15 is 0 Å². The maximum absolute atomic E-state index is 5.65. The van der Waals surface area contributed by atoms with Crippen LogP contribution in [0, 0.1) is 5.41 Å². The topological polar surface area (TPSA) is 58.1 Å². The summed E-state index contributed by atoms with van der Waals surface area (Å²) in [5.74, 6) is 2.45. The van der Waals surface area contributed by atoms with Gasteiger partial charge in [-0.3, -0.25) is 4.99 Å². The summed E-state index contributed by atoms with van der Waals surface area (Å²) in [4.78, 5) is 6.53. The van der Waals surface area contributed by atoms with E-state index < -0.39 is 0 Å². The normalized spacial score (nSPS) is 11.8. The Bertz CT molecular complexity index is 592. The number of nitrogens with one attached hydrogen (secondary N) is 2. The Kier molecular flexibility index (Phi) is 13.3. The number of hydrogen-bond acceptors (Lipinski definition) is 4. The van der Waals surface area contributed by atoms with Crippen molar-refractivity contribution in [1.29, 1.82) is 0 Å². The van der Waals surface area contributed by atoms with Gasteiger partial charge in [0, 0.05) is 26.7 Å². The Morgan fingerprint density at radius 3 is 2.46 bits per heavy atom. The minimum atomic E-state index is 0. The molecule has 1 aromatic rings. The first-order valence-corrected chi connectivity index (χ1v) is 9.70. The molecule has 0 saturated heterocycles. The molecule has 0 spiro atoms. The van der Waals surface area contributed by atoms with Crippen molar-refractivity contribution in [2.24, 2.45) is 10.4 Å². The highest BCUT2D eigenvalue weighted by Gasteiger charge is 2.19. The van der Waals surface area contributed by atoms with E-state index in [-0.39, 0.29) is 29.4 Å². The highest BCUT2D eigenvalue weighted by Crippen LogP contribution is 2.28. The molecule has 0 bridgehead atoms. The highest BCUT2D eigenvalue weighted by atomic mass is 127. The van der Waals surface area contributed by atoms with E-state index in [1.54, 1.807) is 7.11 Å². The summed E-state index contributed by atoms with van der Waals surface area (Å²) < 4.78 is 11.0. The van der Waals surface area contributed by atoms with E-state index in [1.807, 2.05) is 20.0 Å². The molecule has 0 amide bonds. The van der Waals surface area contributed by atoms with Crippen LogP contribution in [0.5, 0.6) is 11.5 Å². The number of methoxy groups -OCH3 is 1. The van der Waals surface area contributed by atoms with Crippen molar-refractivity contribution in [3.8, 4) is 11.5 Å². The zero-order valence-electron chi connectivity index (χ0n) is 18.6. The van der Waals surface area contributed by atoms with Crippen molar-refractivity contribution < 1.29 is 9.47 Å². The molecular formula is C21H39IN4O2. The number of nitrogens with zero attached hydrogens (tertiary/aromatic N) is 2. The van der Waals surface area contributed by atoms with Gasteiger partial charge in [-0.15, -0.1) is 24.0 Å². The van der Waals surface area contributed by atoms with Crippen LogP contribution in [0.25, 0.3) is 0 Å². The first-order valence-electron chi connectivity index (χ1n) is 9.70. The molecule has 0 aliphatic rings. The van der Waals surface area contributed by atoms with Gasteiger partial charge in [-0.2, -0.15) is 0 Å². The molecule has 1 aromatic carbocycles. The van der Waals surface area contributed by atoms with Crippen molar-refractivity contribution in [3.05, 3.63) is 23.8 Å². The Hall–Kier alpha value is -1.22. The van der Waals surface area contributed by atoms with E-state index in [0.29, 0.717) is 6.61 Å². The van der Waals surface area contributed by atoms with E-state index in [2.05, 4.69) is 60.6 Å². The second-order valence-corrected chi connectivity index (χ2v) is 7.78. The summed E-state index contributed by atoms with van der Waals surface area (Å²) in [5.41, 5.74) is 1.43. The van der Waals surface area contributed by atoms with Crippen LogP contribution in [-0.2, 0) is 6.42 Å². The molecule has 1 rings (SSSR count). The van der Waals surface area contributed by atoms with Gasteiger partial charge in [-0.25, -0.2) is 0 Å². The van der Waals surface area contributed by atoms with E-state index in [9.17, 15) is 0 Å². The summed E-state index contributed by atoms with van der Waals surface area (Å²) in [7, 11) is 7.68. The molecule has 28 heavy (non-hydrogen) atoms. The lowest BCUT2D eigenvalue weighted by Crippen LogP contribution is -2.45. The number of aryl methyl sites for hydroxylation is 1. The fourth-order valence-corrected chi connectivity index (χ4v) is 3.10. The van der Waals surface area contributed by atoms with Crippen LogP contribution in [-0.4, -0.2) is 65.4 Å². The van der Waals surface area contributed by atoms with Crippen LogP contribution in [0.15, 0.2) is 23.2 Å². The van der Waals surface area contributed by atoms with Crippen LogP contribution in [0.1, 0.15) is 32.8 Å². The van der Waals surface area contributed by atoms with Crippen molar-refractivity contribution in [1.82, 2.24) is 15.5 Å². The SMILES string of the molecule is CCOc1cc(CCCNC(=NC)NCC(C)(C)CN(C)C)ccc1OC.I. The summed E-state index contributed by atoms with van der Waals surface area (Å²) in [6.45, 7) is 9.89. The van der Waals surface area contributed by atoms with Gasteiger partial charge in [0.1, 0.15) is 0 Å². The van der Waals surface area contributed by atoms with Crippen LogP contribution >= 0.6 is 24.0 Å². The molecule has 2 N–H and O–H groups in total. The largest absolute Gasteiger partial charge is 0.493 e. The van der Waals surface area contributed by atoms with Crippen molar-refractivity contribution in [2.75, 3.05) is 54.5 Å². The summed E-state index contributed by atoms with van der Waals surface area (Å²) in [6, 6.07) is 6.14.